The van der Waals surface area contributed by atoms with Gasteiger partial charge in [0.2, 0.25) is 0 Å². The van der Waals surface area contributed by atoms with Crippen molar-refractivity contribution in [2.75, 3.05) is 47.5 Å². The molecule has 368 valence electrons. The molecule has 62 heavy (non-hydrogen) atoms. The van der Waals surface area contributed by atoms with Crippen molar-refractivity contribution in [1.82, 2.24) is 0 Å². The number of allylic oxidation sites excluding steroid dienone is 2. The second kappa shape index (κ2) is 44.9. The Bertz CT molecular complexity index is 1060. The summed E-state index contributed by atoms with van der Waals surface area (Å²) in [6, 6.07) is 0. The molecule has 2 atom stereocenters. The molecule has 0 heterocycles. The quantitative estimate of drug-likeness (QED) is 0.0195. The highest BCUT2D eigenvalue weighted by molar-refractivity contribution is 7.45. The predicted molar refractivity (Wildman–Crippen MR) is 259 cm³/mol. The van der Waals surface area contributed by atoms with Crippen LogP contribution in [-0.2, 0) is 32.7 Å². The van der Waals surface area contributed by atoms with Crippen LogP contribution < -0.4 is 4.89 Å². The third-order valence-corrected chi connectivity index (χ3v) is 12.7. The van der Waals surface area contributed by atoms with E-state index in [4.69, 9.17) is 18.5 Å². The topological polar surface area (TPSA) is 111 Å². The largest absolute Gasteiger partial charge is 0.756 e. The fraction of sp³-hybridized carbons (Fsp3) is 0.923. The molecule has 0 saturated heterocycles. The molecule has 0 bridgehead atoms. The summed E-state index contributed by atoms with van der Waals surface area (Å²) in [4.78, 5) is 37.7. The third kappa shape index (κ3) is 48.2. The number of carbonyl (C=O) groups is 2. The van der Waals surface area contributed by atoms with Crippen molar-refractivity contribution in [2.24, 2.45) is 0 Å². The molecule has 0 N–H and O–H groups in total. The van der Waals surface area contributed by atoms with Gasteiger partial charge in [-0.1, -0.05) is 219 Å². The van der Waals surface area contributed by atoms with Crippen molar-refractivity contribution < 1.29 is 42.1 Å². The molecule has 0 aromatic carbocycles. The summed E-state index contributed by atoms with van der Waals surface area (Å²) >= 11 is 0. The Balaban J connectivity index is 4.16. The van der Waals surface area contributed by atoms with Crippen LogP contribution in [0.3, 0.4) is 0 Å². The molecule has 10 heteroatoms. The standard InChI is InChI=1S/C52H102NO8P/c1-6-8-10-12-14-16-18-20-22-23-24-25-26-27-28-29-31-32-34-36-38-40-42-44-51(54)58-48-50(49-60-62(56,57)59-47-46-53(3,4)5)61-52(55)45-43-41-39-37-35-33-30-21-19-17-15-13-11-9-7-2/h33,35,50H,6-32,34,36-49H2,1-5H3/b35-33+/t50-/m0/s1. The van der Waals surface area contributed by atoms with Gasteiger partial charge in [-0.2, -0.15) is 0 Å². The van der Waals surface area contributed by atoms with Gasteiger partial charge in [-0.05, 0) is 38.5 Å². The lowest BCUT2D eigenvalue weighted by Gasteiger charge is -2.28. The predicted octanol–water partition coefficient (Wildman–Crippen LogP) is 15.1. The average Bonchev–Trinajstić information content (AvgIpc) is 3.23. The van der Waals surface area contributed by atoms with Crippen molar-refractivity contribution in [2.45, 2.75) is 264 Å². The fourth-order valence-electron chi connectivity index (χ4n) is 7.65. The number of phosphoric acid groups is 1. The van der Waals surface area contributed by atoms with Crippen LogP contribution in [0.4, 0.5) is 0 Å². The number of ether oxygens (including phenoxy) is 2. The van der Waals surface area contributed by atoms with E-state index in [0.717, 1.165) is 44.9 Å². The van der Waals surface area contributed by atoms with Gasteiger partial charge < -0.3 is 27.9 Å². The number of carbonyl (C=O) groups excluding carboxylic acids is 2. The van der Waals surface area contributed by atoms with Gasteiger partial charge in [0, 0.05) is 12.8 Å². The van der Waals surface area contributed by atoms with Crippen LogP contribution in [-0.4, -0.2) is 70.0 Å². The number of nitrogens with zero attached hydrogens (tertiary/aromatic N) is 1. The molecule has 0 aliphatic heterocycles. The second-order valence-corrected chi connectivity index (χ2v) is 20.7. The lowest BCUT2D eigenvalue weighted by Crippen LogP contribution is -2.37. The summed E-state index contributed by atoms with van der Waals surface area (Å²) in [6.07, 6.45) is 49.7. The first-order chi connectivity index (χ1) is 30.0. The van der Waals surface area contributed by atoms with Crippen molar-refractivity contribution in [3.8, 4) is 0 Å². The van der Waals surface area contributed by atoms with Crippen molar-refractivity contribution >= 4 is 19.8 Å². The number of likely N-dealkylation sites (N-methyl/N-ethyl adjacent to an activating group) is 1. The number of hydrogen-bond donors (Lipinski definition) is 0. The minimum Gasteiger partial charge on any atom is -0.756 e. The smallest absolute Gasteiger partial charge is 0.306 e. The zero-order valence-electron chi connectivity index (χ0n) is 41.6. The molecule has 0 spiro atoms. The molecular weight excluding hydrogens is 798 g/mol. The molecule has 0 radical (unpaired) electrons. The first-order valence-electron chi connectivity index (χ1n) is 26.4. The van der Waals surface area contributed by atoms with Gasteiger partial charge >= 0.3 is 11.9 Å². The summed E-state index contributed by atoms with van der Waals surface area (Å²) in [5.74, 6) is -0.837. The van der Waals surface area contributed by atoms with E-state index in [1.54, 1.807) is 0 Å². The number of rotatable bonds is 49. The minimum atomic E-state index is -4.63. The third-order valence-electron chi connectivity index (χ3n) is 11.8. The Hall–Kier alpha value is -1.25. The normalized spacial score (nSPS) is 13.5. The Morgan fingerprint density at radius 3 is 1.21 bits per heavy atom. The lowest BCUT2D eigenvalue weighted by molar-refractivity contribution is -0.870. The molecule has 0 rings (SSSR count). The highest BCUT2D eigenvalue weighted by Gasteiger charge is 2.21. The number of hydrogen-bond acceptors (Lipinski definition) is 8. The van der Waals surface area contributed by atoms with E-state index in [1.807, 2.05) is 21.1 Å². The molecule has 0 aliphatic carbocycles. The van der Waals surface area contributed by atoms with E-state index in [-0.39, 0.29) is 32.0 Å². The van der Waals surface area contributed by atoms with Gasteiger partial charge in [0.25, 0.3) is 7.82 Å². The molecule has 0 amide bonds. The Labute approximate surface area is 384 Å². The molecule has 9 nitrogen and oxygen atoms in total. The number of quaternary nitrogens is 1. The van der Waals surface area contributed by atoms with E-state index < -0.39 is 26.5 Å². The zero-order chi connectivity index (χ0) is 45.7. The monoisotopic (exact) mass is 900 g/mol. The van der Waals surface area contributed by atoms with Crippen LogP contribution in [0.1, 0.15) is 258 Å². The summed E-state index contributed by atoms with van der Waals surface area (Å²) in [6.45, 7) is 4.26. The Kier molecular flexibility index (Phi) is 44.0. The molecule has 0 fully saturated rings. The van der Waals surface area contributed by atoms with E-state index >= 15 is 0 Å². The average molecular weight is 900 g/mol. The van der Waals surface area contributed by atoms with E-state index in [0.29, 0.717) is 17.4 Å². The molecule has 0 aromatic rings. The maximum atomic E-state index is 12.7. The summed E-state index contributed by atoms with van der Waals surface area (Å²) in [5, 5.41) is 0. The summed E-state index contributed by atoms with van der Waals surface area (Å²) < 4.78 is 34.0. The first kappa shape index (κ1) is 60.8. The van der Waals surface area contributed by atoms with Crippen LogP contribution in [0.25, 0.3) is 0 Å². The fourth-order valence-corrected chi connectivity index (χ4v) is 8.38. The van der Waals surface area contributed by atoms with Crippen LogP contribution >= 0.6 is 7.82 Å². The van der Waals surface area contributed by atoms with Gasteiger partial charge in [-0.15, -0.1) is 0 Å². The van der Waals surface area contributed by atoms with Gasteiger partial charge in [0.05, 0.1) is 27.7 Å². The van der Waals surface area contributed by atoms with Crippen molar-refractivity contribution in [3.63, 3.8) is 0 Å². The molecular formula is C52H102NO8P. The summed E-state index contributed by atoms with van der Waals surface area (Å²) in [5.41, 5.74) is 0. The Morgan fingerprint density at radius 1 is 0.484 bits per heavy atom. The van der Waals surface area contributed by atoms with Crippen molar-refractivity contribution in [1.29, 1.82) is 0 Å². The lowest BCUT2D eigenvalue weighted by atomic mass is 10.0. The number of esters is 2. The van der Waals surface area contributed by atoms with Gasteiger partial charge in [0.15, 0.2) is 6.10 Å². The maximum Gasteiger partial charge on any atom is 0.306 e. The molecule has 0 aliphatic rings. The molecule has 1 unspecified atom stereocenters. The molecule has 0 saturated carbocycles. The number of phosphoric ester groups is 1. The van der Waals surface area contributed by atoms with E-state index in [9.17, 15) is 19.0 Å². The zero-order valence-corrected chi connectivity index (χ0v) is 42.5. The van der Waals surface area contributed by atoms with Crippen LogP contribution in [0.2, 0.25) is 0 Å². The maximum absolute atomic E-state index is 12.7. The highest BCUT2D eigenvalue weighted by atomic mass is 31.2. The van der Waals surface area contributed by atoms with E-state index in [2.05, 4.69) is 26.0 Å². The van der Waals surface area contributed by atoms with E-state index in [1.165, 1.54) is 180 Å². The summed E-state index contributed by atoms with van der Waals surface area (Å²) in [7, 11) is 1.17. The minimum absolute atomic E-state index is 0.0301. The SMILES string of the molecule is CCCCCCCCCC/C=C/CCCCCC(=O)O[C@@H](COC(=O)CCCCCCCCCCCCCCCCCCCCCCCCC)COP(=O)([O-])OCC[N+](C)(C)C. The number of unbranched alkanes of at least 4 members (excludes halogenated alkanes) is 33. The van der Waals surface area contributed by atoms with Crippen LogP contribution in [0.5, 0.6) is 0 Å². The van der Waals surface area contributed by atoms with Gasteiger partial charge in [0.1, 0.15) is 19.8 Å². The van der Waals surface area contributed by atoms with Crippen LogP contribution in [0.15, 0.2) is 12.2 Å². The molecule has 0 aromatic heterocycles. The van der Waals surface area contributed by atoms with Crippen LogP contribution in [0, 0.1) is 0 Å². The van der Waals surface area contributed by atoms with Crippen molar-refractivity contribution in [3.05, 3.63) is 12.2 Å². The first-order valence-corrected chi connectivity index (χ1v) is 27.9. The Morgan fingerprint density at radius 2 is 0.823 bits per heavy atom. The highest BCUT2D eigenvalue weighted by Crippen LogP contribution is 2.38. The van der Waals surface area contributed by atoms with Gasteiger partial charge in [-0.3, -0.25) is 14.2 Å². The second-order valence-electron chi connectivity index (χ2n) is 19.2. The van der Waals surface area contributed by atoms with Gasteiger partial charge in [-0.25, -0.2) is 0 Å².